The van der Waals surface area contributed by atoms with Crippen LogP contribution in [0.3, 0.4) is 0 Å². The first kappa shape index (κ1) is 8.04. The summed E-state index contributed by atoms with van der Waals surface area (Å²) in [5, 5.41) is 0. The van der Waals surface area contributed by atoms with Gasteiger partial charge in [-0.1, -0.05) is 0 Å². The number of nitrogens with zero attached hydrogens (tertiary/aromatic N) is 2. The summed E-state index contributed by atoms with van der Waals surface area (Å²) in [4.78, 5) is 16.4. The number of aryl methyl sites for hydroxylation is 1. The van der Waals surface area contributed by atoms with Gasteiger partial charge in [0.25, 0.3) is 0 Å². The Morgan fingerprint density at radius 1 is 1.69 bits per heavy atom. The molecule has 0 N–H and O–H groups in total. The van der Waals surface area contributed by atoms with Crippen LogP contribution in [0.25, 0.3) is 0 Å². The molecule has 0 fully saturated rings. The van der Waals surface area contributed by atoms with Gasteiger partial charge in [-0.05, 0) is 18.6 Å². The van der Waals surface area contributed by atoms with E-state index >= 15 is 0 Å². The van der Waals surface area contributed by atoms with Crippen molar-refractivity contribution in [2.24, 2.45) is 0 Å². The van der Waals surface area contributed by atoms with Crippen molar-refractivity contribution in [1.29, 1.82) is 0 Å². The third-order valence-corrected chi connectivity index (χ3v) is 1.98. The van der Waals surface area contributed by atoms with Crippen molar-refractivity contribution in [3.63, 3.8) is 0 Å². The second-order valence-electron chi connectivity index (χ2n) is 2.98. The van der Waals surface area contributed by atoms with Crippen LogP contribution in [-0.2, 0) is 4.79 Å². The summed E-state index contributed by atoms with van der Waals surface area (Å²) in [6.07, 6.45) is 2.54. The Kier molecular flexibility index (Phi) is 1.88. The molecule has 1 aliphatic heterocycles. The summed E-state index contributed by atoms with van der Waals surface area (Å²) in [6, 6.07) is 1.90. The van der Waals surface area contributed by atoms with Gasteiger partial charge >= 0.3 is 0 Å². The van der Waals surface area contributed by atoms with Crippen LogP contribution in [0, 0.1) is 6.92 Å². The van der Waals surface area contributed by atoms with Crippen molar-refractivity contribution in [2.75, 3.05) is 18.1 Å². The topological polar surface area (TPSA) is 42.4 Å². The highest BCUT2D eigenvalue weighted by Crippen LogP contribution is 2.28. The average molecular weight is 178 g/mol. The van der Waals surface area contributed by atoms with E-state index in [-0.39, 0.29) is 0 Å². The van der Waals surface area contributed by atoms with E-state index in [2.05, 4.69) is 4.98 Å². The predicted molar refractivity (Wildman–Crippen MR) is 47.9 cm³/mol. The Labute approximate surface area is 76.1 Å². The number of carbonyl (C=O) groups excluding carboxylic acids is 1. The van der Waals surface area contributed by atoms with Crippen molar-refractivity contribution < 1.29 is 9.53 Å². The van der Waals surface area contributed by atoms with Crippen LogP contribution in [-0.4, -0.2) is 24.5 Å². The van der Waals surface area contributed by atoms with Crippen molar-refractivity contribution in [3.05, 3.63) is 17.8 Å². The summed E-state index contributed by atoms with van der Waals surface area (Å²) < 4.78 is 5.30. The SMILES string of the molecule is Cc1cnc2c(c1)N(C=O)CCO2. The van der Waals surface area contributed by atoms with E-state index in [0.29, 0.717) is 19.0 Å². The van der Waals surface area contributed by atoms with Gasteiger partial charge in [0.2, 0.25) is 12.3 Å². The van der Waals surface area contributed by atoms with Crippen LogP contribution < -0.4 is 9.64 Å². The van der Waals surface area contributed by atoms with E-state index in [1.807, 2.05) is 13.0 Å². The van der Waals surface area contributed by atoms with Gasteiger partial charge in [-0.3, -0.25) is 4.79 Å². The molecule has 1 aromatic rings. The van der Waals surface area contributed by atoms with Crippen LogP contribution in [0.4, 0.5) is 5.69 Å². The molecule has 13 heavy (non-hydrogen) atoms. The molecule has 0 aromatic carbocycles. The van der Waals surface area contributed by atoms with Gasteiger partial charge in [0, 0.05) is 6.20 Å². The van der Waals surface area contributed by atoms with E-state index in [1.54, 1.807) is 11.1 Å². The van der Waals surface area contributed by atoms with Gasteiger partial charge in [0.15, 0.2) is 0 Å². The molecule has 0 saturated heterocycles. The maximum absolute atomic E-state index is 10.7. The number of hydrogen-bond acceptors (Lipinski definition) is 3. The van der Waals surface area contributed by atoms with Crippen LogP contribution in [0.2, 0.25) is 0 Å². The Hall–Kier alpha value is -1.58. The van der Waals surface area contributed by atoms with Crippen LogP contribution in [0.1, 0.15) is 5.56 Å². The monoisotopic (exact) mass is 178 g/mol. The summed E-state index contributed by atoms with van der Waals surface area (Å²) in [5.74, 6) is 0.545. The van der Waals surface area contributed by atoms with Crippen molar-refractivity contribution in [2.45, 2.75) is 6.92 Å². The van der Waals surface area contributed by atoms with Gasteiger partial charge in [0.1, 0.15) is 12.3 Å². The highest BCUT2D eigenvalue weighted by atomic mass is 16.5. The minimum absolute atomic E-state index is 0.516. The fourth-order valence-electron chi connectivity index (χ4n) is 1.33. The Morgan fingerprint density at radius 3 is 3.31 bits per heavy atom. The van der Waals surface area contributed by atoms with E-state index in [4.69, 9.17) is 4.74 Å². The quantitative estimate of drug-likeness (QED) is 0.596. The first-order valence-electron chi connectivity index (χ1n) is 4.12. The van der Waals surface area contributed by atoms with E-state index in [1.165, 1.54) is 0 Å². The van der Waals surface area contributed by atoms with Gasteiger partial charge in [-0.25, -0.2) is 4.98 Å². The average Bonchev–Trinajstić information content (AvgIpc) is 2.17. The second-order valence-corrected chi connectivity index (χ2v) is 2.98. The first-order valence-corrected chi connectivity index (χ1v) is 4.12. The van der Waals surface area contributed by atoms with E-state index in [9.17, 15) is 4.79 Å². The molecule has 0 spiro atoms. The van der Waals surface area contributed by atoms with Crippen LogP contribution in [0.5, 0.6) is 5.88 Å². The van der Waals surface area contributed by atoms with Crippen molar-refractivity contribution >= 4 is 12.1 Å². The summed E-state index contributed by atoms with van der Waals surface area (Å²) in [6.45, 7) is 3.05. The maximum Gasteiger partial charge on any atom is 0.238 e. The lowest BCUT2D eigenvalue weighted by Crippen LogP contribution is -2.31. The zero-order chi connectivity index (χ0) is 9.26. The zero-order valence-electron chi connectivity index (χ0n) is 7.36. The smallest absolute Gasteiger partial charge is 0.238 e. The highest BCUT2D eigenvalue weighted by Gasteiger charge is 2.18. The van der Waals surface area contributed by atoms with E-state index in [0.717, 1.165) is 17.7 Å². The normalized spacial score (nSPS) is 14.7. The Bertz CT molecular complexity index is 338. The number of carbonyl (C=O) groups is 1. The third kappa shape index (κ3) is 1.35. The fraction of sp³-hybridized carbons (Fsp3) is 0.333. The molecule has 68 valence electrons. The molecule has 0 atom stereocenters. The van der Waals surface area contributed by atoms with Gasteiger partial charge in [0.05, 0.1) is 6.54 Å². The summed E-state index contributed by atoms with van der Waals surface area (Å²) >= 11 is 0. The van der Waals surface area contributed by atoms with Crippen molar-refractivity contribution in [1.82, 2.24) is 4.98 Å². The Morgan fingerprint density at radius 2 is 2.54 bits per heavy atom. The zero-order valence-corrected chi connectivity index (χ0v) is 7.36. The van der Waals surface area contributed by atoms with Gasteiger partial charge < -0.3 is 9.64 Å². The number of anilines is 1. The van der Waals surface area contributed by atoms with Gasteiger partial charge in [-0.2, -0.15) is 0 Å². The first-order chi connectivity index (χ1) is 6.31. The fourth-order valence-corrected chi connectivity index (χ4v) is 1.33. The number of amides is 1. The molecule has 0 radical (unpaired) electrons. The largest absolute Gasteiger partial charge is 0.474 e. The highest BCUT2D eigenvalue weighted by molar-refractivity contribution is 5.78. The minimum atomic E-state index is 0.516. The maximum atomic E-state index is 10.7. The molecule has 2 rings (SSSR count). The Balaban J connectivity index is 2.47. The molecule has 2 heterocycles. The number of hydrogen-bond donors (Lipinski definition) is 0. The molecule has 1 aliphatic rings. The minimum Gasteiger partial charge on any atom is -0.474 e. The lowest BCUT2D eigenvalue weighted by atomic mass is 10.2. The molecule has 0 saturated carbocycles. The number of pyridine rings is 1. The van der Waals surface area contributed by atoms with Crippen LogP contribution >= 0.6 is 0 Å². The van der Waals surface area contributed by atoms with Crippen LogP contribution in [0.15, 0.2) is 12.3 Å². The molecule has 0 aliphatic carbocycles. The standard InChI is InChI=1S/C9H10N2O2/c1-7-4-8-9(10-5-7)13-3-2-11(8)6-12/h4-6H,2-3H2,1H3. The second kappa shape index (κ2) is 3.05. The van der Waals surface area contributed by atoms with Crippen molar-refractivity contribution in [3.8, 4) is 5.88 Å². The lowest BCUT2D eigenvalue weighted by molar-refractivity contribution is -0.107. The molecular weight excluding hydrogens is 168 g/mol. The predicted octanol–water partition coefficient (Wildman–Crippen LogP) is 0.745. The number of fused-ring (bicyclic) bond motifs is 1. The van der Waals surface area contributed by atoms with Gasteiger partial charge in [-0.15, -0.1) is 0 Å². The lowest BCUT2D eigenvalue weighted by Gasteiger charge is -2.25. The molecule has 0 bridgehead atoms. The number of ether oxygens (including phenoxy) is 1. The number of rotatable bonds is 1. The number of aromatic nitrogens is 1. The summed E-state index contributed by atoms with van der Waals surface area (Å²) in [7, 11) is 0. The molecular formula is C9H10N2O2. The molecule has 0 unspecified atom stereocenters. The summed E-state index contributed by atoms with van der Waals surface area (Å²) in [5.41, 5.74) is 1.79. The molecule has 4 heteroatoms. The van der Waals surface area contributed by atoms with E-state index < -0.39 is 0 Å². The molecule has 1 aromatic heterocycles. The third-order valence-electron chi connectivity index (χ3n) is 1.98. The molecule has 4 nitrogen and oxygen atoms in total. The molecule has 1 amide bonds.